The van der Waals surface area contributed by atoms with Crippen LogP contribution in [0.2, 0.25) is 0 Å². The lowest BCUT2D eigenvalue weighted by Crippen LogP contribution is -2.32. The fourth-order valence-corrected chi connectivity index (χ4v) is 5.91. The lowest BCUT2D eigenvalue weighted by Gasteiger charge is -2.22. The SMILES string of the molecule is C=CS(=O)(=O)NC[C@H]1CCN(S(=O)(=O)c2ccc(N(Cc3ccc(C(F)(F)F)cc3)C(C)=O)cc2)C1. The first kappa shape index (κ1) is 27.8. The van der Waals surface area contributed by atoms with Crippen molar-refractivity contribution in [1.29, 1.82) is 0 Å². The molecular weight excluding hydrogens is 519 g/mol. The van der Waals surface area contributed by atoms with Crippen molar-refractivity contribution >= 4 is 31.6 Å². The van der Waals surface area contributed by atoms with Gasteiger partial charge in [0.2, 0.25) is 26.0 Å². The van der Waals surface area contributed by atoms with Crippen LogP contribution < -0.4 is 9.62 Å². The van der Waals surface area contributed by atoms with E-state index in [4.69, 9.17) is 0 Å². The zero-order valence-electron chi connectivity index (χ0n) is 19.4. The van der Waals surface area contributed by atoms with Gasteiger partial charge in [-0.05, 0) is 54.3 Å². The second kappa shape index (κ2) is 10.7. The number of carbonyl (C=O) groups is 1. The molecule has 1 amide bonds. The number of amides is 1. The highest BCUT2D eigenvalue weighted by Gasteiger charge is 2.33. The van der Waals surface area contributed by atoms with E-state index in [0.717, 1.165) is 17.5 Å². The van der Waals surface area contributed by atoms with Crippen LogP contribution in [0.1, 0.15) is 24.5 Å². The molecule has 0 aromatic heterocycles. The first-order valence-electron chi connectivity index (χ1n) is 10.9. The van der Waals surface area contributed by atoms with Crippen LogP contribution in [0.25, 0.3) is 0 Å². The molecular formula is C23H26F3N3O5S2. The maximum atomic E-state index is 13.1. The van der Waals surface area contributed by atoms with Gasteiger partial charge in [0.25, 0.3) is 0 Å². The topological polar surface area (TPSA) is 104 Å². The zero-order valence-corrected chi connectivity index (χ0v) is 21.0. The number of hydrogen-bond acceptors (Lipinski definition) is 5. The summed E-state index contributed by atoms with van der Waals surface area (Å²) in [5.74, 6) is -0.555. The molecule has 0 unspecified atom stereocenters. The van der Waals surface area contributed by atoms with Gasteiger partial charge in [-0.3, -0.25) is 4.79 Å². The predicted octanol–water partition coefficient (Wildman–Crippen LogP) is 3.33. The number of benzene rings is 2. The minimum Gasteiger partial charge on any atom is -0.308 e. The second-order valence-corrected chi connectivity index (χ2v) is 12.0. The van der Waals surface area contributed by atoms with E-state index in [1.165, 1.54) is 52.5 Å². The molecule has 1 atom stereocenters. The standard InChI is InChI=1S/C23H26F3N3O5S2/c1-3-35(31,32)27-14-19-12-13-28(15-19)36(33,34)22-10-8-21(9-11-22)29(17(2)30)16-18-4-6-20(7-5-18)23(24,25)26/h3-11,19,27H,1,12-16H2,2H3/t19-/m1/s1. The van der Waals surface area contributed by atoms with Gasteiger partial charge >= 0.3 is 6.18 Å². The predicted molar refractivity (Wildman–Crippen MR) is 129 cm³/mol. The Kier molecular flexibility index (Phi) is 8.28. The Balaban J connectivity index is 1.71. The van der Waals surface area contributed by atoms with Crippen molar-refractivity contribution in [1.82, 2.24) is 9.03 Å². The van der Waals surface area contributed by atoms with Crippen molar-refractivity contribution in [3.05, 3.63) is 71.6 Å². The Morgan fingerprint density at radius 3 is 2.25 bits per heavy atom. The van der Waals surface area contributed by atoms with E-state index in [1.807, 2.05) is 0 Å². The van der Waals surface area contributed by atoms with Crippen LogP contribution in [0.3, 0.4) is 0 Å². The van der Waals surface area contributed by atoms with Crippen molar-refractivity contribution in [2.24, 2.45) is 5.92 Å². The van der Waals surface area contributed by atoms with Gasteiger partial charge in [0.15, 0.2) is 0 Å². The number of halogens is 3. The van der Waals surface area contributed by atoms with E-state index in [9.17, 15) is 34.8 Å². The minimum atomic E-state index is -4.46. The molecule has 1 aliphatic heterocycles. The molecule has 1 heterocycles. The largest absolute Gasteiger partial charge is 0.416 e. The molecule has 0 bridgehead atoms. The van der Waals surface area contributed by atoms with Crippen molar-refractivity contribution in [2.45, 2.75) is 31.0 Å². The fourth-order valence-electron chi connectivity index (χ4n) is 3.79. The summed E-state index contributed by atoms with van der Waals surface area (Å²) < 4.78 is 91.2. The molecule has 0 saturated carbocycles. The Labute approximate surface area is 208 Å². The molecule has 3 rings (SSSR count). The summed E-state index contributed by atoms with van der Waals surface area (Å²) in [4.78, 5) is 13.6. The molecule has 1 fully saturated rings. The molecule has 13 heteroatoms. The number of rotatable bonds is 9. The van der Waals surface area contributed by atoms with Gasteiger partial charge in [0, 0.05) is 37.7 Å². The summed E-state index contributed by atoms with van der Waals surface area (Å²) >= 11 is 0. The molecule has 2 aromatic carbocycles. The average Bonchev–Trinajstić information content (AvgIpc) is 3.31. The number of nitrogens with zero attached hydrogens (tertiary/aromatic N) is 2. The summed E-state index contributed by atoms with van der Waals surface area (Å²) in [7, 11) is -7.45. The van der Waals surface area contributed by atoms with Crippen LogP contribution in [0.5, 0.6) is 0 Å². The Hall–Kier alpha value is -2.74. The summed E-state index contributed by atoms with van der Waals surface area (Å²) in [6.07, 6.45) is -3.97. The van der Waals surface area contributed by atoms with Crippen molar-refractivity contribution in [3.8, 4) is 0 Å². The lowest BCUT2D eigenvalue weighted by molar-refractivity contribution is -0.137. The van der Waals surface area contributed by atoms with E-state index in [0.29, 0.717) is 17.7 Å². The molecule has 1 saturated heterocycles. The van der Waals surface area contributed by atoms with Gasteiger partial charge < -0.3 is 4.90 Å². The summed E-state index contributed by atoms with van der Waals surface area (Å²) in [6, 6.07) is 10.1. The quantitative estimate of drug-likeness (QED) is 0.521. The third kappa shape index (κ3) is 6.72. The Morgan fingerprint density at radius 2 is 1.72 bits per heavy atom. The normalized spacial score (nSPS) is 17.2. The number of alkyl halides is 3. The van der Waals surface area contributed by atoms with Crippen molar-refractivity contribution in [3.63, 3.8) is 0 Å². The van der Waals surface area contributed by atoms with Crippen molar-refractivity contribution in [2.75, 3.05) is 24.5 Å². The highest BCUT2D eigenvalue weighted by Crippen LogP contribution is 2.30. The molecule has 1 N–H and O–H groups in total. The zero-order chi connectivity index (χ0) is 26.7. The van der Waals surface area contributed by atoms with Crippen LogP contribution in [0.15, 0.2) is 65.4 Å². The molecule has 8 nitrogen and oxygen atoms in total. The second-order valence-electron chi connectivity index (χ2n) is 8.37. The van der Waals surface area contributed by atoms with E-state index in [-0.39, 0.29) is 42.9 Å². The molecule has 2 aromatic rings. The van der Waals surface area contributed by atoms with Gasteiger partial charge in [-0.1, -0.05) is 18.7 Å². The molecule has 1 aliphatic rings. The van der Waals surface area contributed by atoms with E-state index < -0.39 is 31.8 Å². The highest BCUT2D eigenvalue weighted by atomic mass is 32.2. The van der Waals surface area contributed by atoms with E-state index in [1.54, 1.807) is 0 Å². The molecule has 36 heavy (non-hydrogen) atoms. The molecule has 0 radical (unpaired) electrons. The Bertz CT molecular complexity index is 1310. The maximum absolute atomic E-state index is 13.1. The van der Waals surface area contributed by atoms with Crippen LogP contribution in [0, 0.1) is 5.92 Å². The number of carbonyl (C=O) groups excluding carboxylic acids is 1. The summed E-state index contributed by atoms with van der Waals surface area (Å²) in [5.41, 5.74) is 0.0713. The number of hydrogen-bond donors (Lipinski definition) is 1. The number of anilines is 1. The van der Waals surface area contributed by atoms with Gasteiger partial charge in [-0.2, -0.15) is 17.5 Å². The third-order valence-corrected chi connectivity index (χ3v) is 8.72. The summed E-state index contributed by atoms with van der Waals surface area (Å²) in [6.45, 7) is 5.01. The maximum Gasteiger partial charge on any atom is 0.416 e. The lowest BCUT2D eigenvalue weighted by atomic mass is 10.1. The molecule has 0 spiro atoms. The van der Waals surface area contributed by atoms with Crippen molar-refractivity contribution < 1.29 is 34.8 Å². The van der Waals surface area contributed by atoms with Crippen LogP contribution in [0.4, 0.5) is 18.9 Å². The minimum absolute atomic E-state index is 0.00793. The first-order chi connectivity index (χ1) is 16.7. The smallest absolute Gasteiger partial charge is 0.308 e. The first-order valence-corrected chi connectivity index (χ1v) is 13.9. The third-order valence-electron chi connectivity index (χ3n) is 5.83. The molecule has 0 aliphatic carbocycles. The number of sulfonamides is 2. The van der Waals surface area contributed by atoms with Gasteiger partial charge in [-0.25, -0.2) is 21.6 Å². The summed E-state index contributed by atoms with van der Waals surface area (Å²) in [5, 5.41) is 0.792. The van der Waals surface area contributed by atoms with E-state index in [2.05, 4.69) is 11.3 Å². The van der Waals surface area contributed by atoms with Gasteiger partial charge in [-0.15, -0.1) is 0 Å². The van der Waals surface area contributed by atoms with E-state index >= 15 is 0 Å². The van der Waals surface area contributed by atoms with Gasteiger partial charge in [0.1, 0.15) is 0 Å². The number of nitrogens with one attached hydrogen (secondary N) is 1. The molecule has 196 valence electrons. The average molecular weight is 546 g/mol. The monoisotopic (exact) mass is 545 g/mol. The van der Waals surface area contributed by atoms with Crippen LogP contribution in [-0.4, -0.2) is 46.7 Å². The van der Waals surface area contributed by atoms with Crippen LogP contribution >= 0.6 is 0 Å². The van der Waals surface area contributed by atoms with Crippen LogP contribution in [-0.2, 0) is 37.6 Å². The highest BCUT2D eigenvalue weighted by molar-refractivity contribution is 7.92. The van der Waals surface area contributed by atoms with Gasteiger partial charge in [0.05, 0.1) is 17.0 Å². The Morgan fingerprint density at radius 1 is 1.11 bits per heavy atom. The fraction of sp³-hybridized carbons (Fsp3) is 0.348.